The van der Waals surface area contributed by atoms with E-state index in [1.54, 1.807) is 6.07 Å². The number of hydrogen-bond acceptors (Lipinski definition) is 1. The molecule has 82 valence electrons. The maximum atomic E-state index is 13.8. The van der Waals surface area contributed by atoms with Crippen LogP contribution in [0.3, 0.4) is 0 Å². The van der Waals surface area contributed by atoms with Crippen LogP contribution in [0.4, 0.5) is 4.39 Å². The molecular formula is C13H18FN. The lowest BCUT2D eigenvalue weighted by atomic mass is 9.84. The summed E-state index contributed by atoms with van der Waals surface area (Å²) < 4.78 is 13.8. The van der Waals surface area contributed by atoms with Crippen LogP contribution in [0.25, 0.3) is 0 Å². The molecule has 1 nitrogen and oxygen atoms in total. The van der Waals surface area contributed by atoms with Crippen LogP contribution in [0, 0.1) is 19.7 Å². The van der Waals surface area contributed by atoms with E-state index in [1.165, 1.54) is 0 Å². The van der Waals surface area contributed by atoms with E-state index in [9.17, 15) is 4.39 Å². The van der Waals surface area contributed by atoms with Gasteiger partial charge < -0.3 is 5.73 Å². The van der Waals surface area contributed by atoms with Crippen molar-refractivity contribution in [3.63, 3.8) is 0 Å². The molecule has 0 bridgehead atoms. The van der Waals surface area contributed by atoms with Crippen molar-refractivity contribution < 1.29 is 4.39 Å². The van der Waals surface area contributed by atoms with Crippen molar-refractivity contribution in [2.75, 3.05) is 0 Å². The average molecular weight is 207 g/mol. The first-order valence-corrected chi connectivity index (χ1v) is 5.60. The average Bonchev–Trinajstić information content (AvgIpc) is 2.60. The predicted octanol–water partition coefficient (Wildman–Crippen LogP) is 3.17. The van der Waals surface area contributed by atoms with Crippen molar-refractivity contribution in [3.8, 4) is 0 Å². The lowest BCUT2D eigenvalue weighted by molar-refractivity contribution is 0.430. The molecule has 1 aliphatic carbocycles. The first-order chi connectivity index (χ1) is 7.04. The van der Waals surface area contributed by atoms with Crippen molar-refractivity contribution in [2.45, 2.75) is 45.1 Å². The van der Waals surface area contributed by atoms with E-state index in [4.69, 9.17) is 5.73 Å². The Labute approximate surface area is 90.5 Å². The van der Waals surface area contributed by atoms with E-state index in [2.05, 4.69) is 0 Å². The molecule has 0 aromatic heterocycles. The van der Waals surface area contributed by atoms with Crippen LogP contribution >= 0.6 is 0 Å². The van der Waals surface area contributed by atoms with Crippen molar-refractivity contribution >= 4 is 0 Å². The third-order valence-electron chi connectivity index (χ3n) is 3.68. The van der Waals surface area contributed by atoms with E-state index in [0.717, 1.165) is 42.4 Å². The van der Waals surface area contributed by atoms with Gasteiger partial charge in [0.1, 0.15) is 5.82 Å². The highest BCUT2D eigenvalue weighted by molar-refractivity contribution is 5.39. The molecular weight excluding hydrogens is 189 g/mol. The molecule has 2 heteroatoms. The van der Waals surface area contributed by atoms with Gasteiger partial charge in [-0.1, -0.05) is 18.9 Å². The topological polar surface area (TPSA) is 26.0 Å². The van der Waals surface area contributed by atoms with Gasteiger partial charge in [-0.25, -0.2) is 4.39 Å². The van der Waals surface area contributed by atoms with Crippen LogP contribution in [-0.4, -0.2) is 0 Å². The summed E-state index contributed by atoms with van der Waals surface area (Å²) in [5.74, 6) is -0.137. The van der Waals surface area contributed by atoms with Gasteiger partial charge in [-0.05, 0) is 43.9 Å². The molecule has 2 N–H and O–H groups in total. The lowest BCUT2D eigenvalue weighted by Crippen LogP contribution is -2.35. The molecule has 1 aromatic rings. The number of halogens is 1. The van der Waals surface area contributed by atoms with Gasteiger partial charge in [-0.2, -0.15) is 0 Å². The van der Waals surface area contributed by atoms with Crippen molar-refractivity contribution in [2.24, 2.45) is 5.73 Å². The predicted molar refractivity (Wildman–Crippen MR) is 60.2 cm³/mol. The van der Waals surface area contributed by atoms with Crippen LogP contribution in [-0.2, 0) is 5.54 Å². The number of hydrogen-bond donors (Lipinski definition) is 1. The third kappa shape index (κ3) is 1.67. The Kier molecular flexibility index (Phi) is 2.55. The molecule has 0 spiro atoms. The quantitative estimate of drug-likeness (QED) is 0.752. The highest BCUT2D eigenvalue weighted by atomic mass is 19.1. The lowest BCUT2D eigenvalue weighted by Gasteiger charge is -2.27. The molecule has 1 aliphatic rings. The van der Waals surface area contributed by atoms with Gasteiger partial charge in [-0.3, -0.25) is 0 Å². The maximum absolute atomic E-state index is 13.8. The monoisotopic (exact) mass is 207 g/mol. The van der Waals surface area contributed by atoms with Crippen molar-refractivity contribution in [1.82, 2.24) is 0 Å². The maximum Gasteiger partial charge on any atom is 0.128 e. The number of nitrogens with two attached hydrogens (primary N) is 1. The second-order valence-electron chi connectivity index (χ2n) is 4.73. The SMILES string of the molecule is Cc1ccc(F)c(C2(N)CCCC2)c1C. The summed E-state index contributed by atoms with van der Waals surface area (Å²) in [6.45, 7) is 3.98. The van der Waals surface area contributed by atoms with E-state index in [0.29, 0.717) is 0 Å². The molecule has 0 amide bonds. The summed E-state index contributed by atoms with van der Waals surface area (Å²) >= 11 is 0. The van der Waals surface area contributed by atoms with Crippen molar-refractivity contribution in [3.05, 3.63) is 34.6 Å². The van der Waals surface area contributed by atoms with E-state index in [-0.39, 0.29) is 5.82 Å². The Balaban J connectivity index is 2.55. The van der Waals surface area contributed by atoms with E-state index in [1.807, 2.05) is 19.9 Å². The zero-order chi connectivity index (χ0) is 11.1. The highest BCUT2D eigenvalue weighted by Gasteiger charge is 2.35. The zero-order valence-electron chi connectivity index (χ0n) is 9.44. The summed E-state index contributed by atoms with van der Waals surface area (Å²) in [6.07, 6.45) is 4.05. The van der Waals surface area contributed by atoms with Crippen LogP contribution in [0.5, 0.6) is 0 Å². The molecule has 0 atom stereocenters. The summed E-state index contributed by atoms with van der Waals surface area (Å²) in [5, 5.41) is 0. The summed E-state index contributed by atoms with van der Waals surface area (Å²) in [5.41, 5.74) is 8.80. The first kappa shape index (κ1) is 10.6. The fourth-order valence-corrected chi connectivity index (χ4v) is 2.65. The standard InChI is InChI=1S/C13H18FN/c1-9-5-6-11(14)12(10(9)2)13(15)7-3-4-8-13/h5-6H,3-4,7-8,15H2,1-2H3. The van der Waals surface area contributed by atoms with Gasteiger partial charge in [0.05, 0.1) is 0 Å². The third-order valence-corrected chi connectivity index (χ3v) is 3.68. The van der Waals surface area contributed by atoms with Crippen LogP contribution in [0.2, 0.25) is 0 Å². The zero-order valence-corrected chi connectivity index (χ0v) is 9.44. The Morgan fingerprint density at radius 1 is 1.20 bits per heavy atom. The molecule has 2 rings (SSSR count). The molecule has 0 aliphatic heterocycles. The Bertz CT molecular complexity index is 378. The van der Waals surface area contributed by atoms with E-state index < -0.39 is 5.54 Å². The number of benzene rings is 1. The van der Waals surface area contributed by atoms with Gasteiger partial charge in [0.15, 0.2) is 0 Å². The number of aryl methyl sites for hydroxylation is 1. The van der Waals surface area contributed by atoms with Gasteiger partial charge in [0.25, 0.3) is 0 Å². The summed E-state index contributed by atoms with van der Waals surface area (Å²) in [4.78, 5) is 0. The summed E-state index contributed by atoms with van der Waals surface area (Å²) in [6, 6.07) is 3.37. The largest absolute Gasteiger partial charge is 0.321 e. The van der Waals surface area contributed by atoms with Crippen molar-refractivity contribution in [1.29, 1.82) is 0 Å². The molecule has 0 heterocycles. The van der Waals surface area contributed by atoms with Gasteiger partial charge in [-0.15, -0.1) is 0 Å². The fourth-order valence-electron chi connectivity index (χ4n) is 2.65. The Morgan fingerprint density at radius 3 is 2.40 bits per heavy atom. The van der Waals surface area contributed by atoms with E-state index >= 15 is 0 Å². The smallest absolute Gasteiger partial charge is 0.128 e. The van der Waals surface area contributed by atoms with Crippen LogP contribution in [0.15, 0.2) is 12.1 Å². The second-order valence-corrected chi connectivity index (χ2v) is 4.73. The number of rotatable bonds is 1. The Morgan fingerprint density at radius 2 is 1.80 bits per heavy atom. The molecule has 1 aromatic carbocycles. The molecule has 1 saturated carbocycles. The summed E-state index contributed by atoms with van der Waals surface area (Å²) in [7, 11) is 0. The Hall–Kier alpha value is -0.890. The van der Waals surface area contributed by atoms with Gasteiger partial charge in [0, 0.05) is 11.1 Å². The normalized spacial score (nSPS) is 19.5. The minimum atomic E-state index is -0.416. The first-order valence-electron chi connectivity index (χ1n) is 5.60. The minimum Gasteiger partial charge on any atom is -0.321 e. The highest BCUT2D eigenvalue weighted by Crippen LogP contribution is 2.39. The van der Waals surface area contributed by atoms with Gasteiger partial charge >= 0.3 is 0 Å². The second kappa shape index (κ2) is 3.60. The van der Waals surface area contributed by atoms with Gasteiger partial charge in [0.2, 0.25) is 0 Å². The molecule has 1 fully saturated rings. The fraction of sp³-hybridized carbons (Fsp3) is 0.538. The molecule has 0 unspecified atom stereocenters. The van der Waals surface area contributed by atoms with Crippen LogP contribution < -0.4 is 5.73 Å². The molecule has 15 heavy (non-hydrogen) atoms. The van der Waals surface area contributed by atoms with Crippen LogP contribution in [0.1, 0.15) is 42.4 Å². The minimum absolute atomic E-state index is 0.137. The molecule has 0 saturated heterocycles. The molecule has 0 radical (unpaired) electrons.